The first-order chi connectivity index (χ1) is 10.6. The summed E-state index contributed by atoms with van der Waals surface area (Å²) in [5.41, 5.74) is 1.58. The van der Waals surface area contributed by atoms with E-state index in [0.717, 1.165) is 6.21 Å². The number of methoxy groups -OCH3 is 2. The molecule has 8 heteroatoms. The molecule has 0 atom stereocenters. The third-order valence-electron chi connectivity index (χ3n) is 2.86. The summed E-state index contributed by atoms with van der Waals surface area (Å²) in [6.07, 6.45) is 3.91. The first-order valence-electron chi connectivity index (χ1n) is 6.06. The molecule has 114 valence electrons. The van der Waals surface area contributed by atoms with E-state index in [0.29, 0.717) is 22.6 Å². The summed E-state index contributed by atoms with van der Waals surface area (Å²) < 4.78 is 10.00. The van der Waals surface area contributed by atoms with Crippen LogP contribution in [0.2, 0.25) is 5.15 Å². The number of nitrogens with zero attached hydrogens (tertiary/aromatic N) is 3. The van der Waals surface area contributed by atoms with Crippen molar-refractivity contribution < 1.29 is 19.5 Å². The van der Waals surface area contributed by atoms with Crippen LogP contribution in [-0.4, -0.2) is 41.6 Å². The molecule has 0 saturated carbocycles. The fourth-order valence-corrected chi connectivity index (χ4v) is 2.05. The molecule has 7 nitrogen and oxygen atoms in total. The van der Waals surface area contributed by atoms with Crippen LogP contribution >= 0.6 is 11.6 Å². The fraction of sp³-hybridized carbons (Fsp3) is 0.143. The normalized spacial score (nSPS) is 10.7. The summed E-state index contributed by atoms with van der Waals surface area (Å²) in [6.45, 7) is 0. The molecule has 1 N–H and O–H groups in total. The number of ether oxygens (including phenoxy) is 2. The maximum Gasteiger partial charge on any atom is 0.340 e. The second-order valence-corrected chi connectivity index (χ2v) is 4.49. The molecule has 0 aliphatic heterocycles. The van der Waals surface area contributed by atoms with Crippen molar-refractivity contribution in [3.63, 3.8) is 0 Å². The number of oxime groups is 1. The minimum absolute atomic E-state index is 0.221. The van der Waals surface area contributed by atoms with Crippen LogP contribution in [0.1, 0.15) is 16.1 Å². The maximum atomic E-state index is 11.9. The molecule has 0 radical (unpaired) electrons. The molecule has 0 aromatic carbocycles. The molecule has 2 heterocycles. The average Bonchev–Trinajstić information content (AvgIpc) is 2.54. The van der Waals surface area contributed by atoms with Gasteiger partial charge in [0.1, 0.15) is 10.9 Å². The molecule has 0 spiro atoms. The van der Waals surface area contributed by atoms with Gasteiger partial charge in [0.15, 0.2) is 0 Å². The Morgan fingerprint density at radius 3 is 2.68 bits per heavy atom. The minimum Gasteiger partial charge on any atom is -0.494 e. The predicted octanol–water partition coefficient (Wildman–Crippen LogP) is 2.40. The number of aromatic nitrogens is 2. The minimum atomic E-state index is -0.565. The Labute approximate surface area is 131 Å². The highest BCUT2D eigenvalue weighted by Gasteiger charge is 2.18. The smallest absolute Gasteiger partial charge is 0.340 e. The van der Waals surface area contributed by atoms with Crippen molar-refractivity contribution in [1.29, 1.82) is 0 Å². The van der Waals surface area contributed by atoms with Crippen LogP contribution in [0.15, 0.2) is 29.7 Å². The quantitative estimate of drug-likeness (QED) is 0.305. The highest BCUT2D eigenvalue weighted by Crippen LogP contribution is 2.33. The van der Waals surface area contributed by atoms with Crippen LogP contribution in [0.5, 0.6) is 5.75 Å². The van der Waals surface area contributed by atoms with E-state index in [9.17, 15) is 4.79 Å². The number of carbonyl (C=O) groups excluding carboxylic acids is 1. The van der Waals surface area contributed by atoms with Gasteiger partial charge in [-0.15, -0.1) is 0 Å². The molecule has 0 bridgehead atoms. The zero-order valence-corrected chi connectivity index (χ0v) is 12.5. The standard InChI is InChI=1S/C14H12ClN3O4/c1-21-12-7-17-13(15)4-10(12)9-3-8(5-18-20)16-6-11(9)14(19)22-2/h3-7,20H,1-2H3/b18-5+. The van der Waals surface area contributed by atoms with E-state index in [1.54, 1.807) is 12.1 Å². The molecule has 0 amide bonds. The molecule has 2 aromatic rings. The molecule has 0 saturated heterocycles. The predicted molar refractivity (Wildman–Crippen MR) is 79.8 cm³/mol. The molecule has 22 heavy (non-hydrogen) atoms. The van der Waals surface area contributed by atoms with E-state index in [1.165, 1.54) is 26.6 Å². The third kappa shape index (κ3) is 3.15. The molecular formula is C14H12ClN3O4. The van der Waals surface area contributed by atoms with Crippen LogP contribution < -0.4 is 4.74 Å². The van der Waals surface area contributed by atoms with Gasteiger partial charge in [-0.05, 0) is 12.1 Å². The number of rotatable bonds is 4. The Balaban J connectivity index is 2.73. The van der Waals surface area contributed by atoms with E-state index >= 15 is 0 Å². The molecule has 0 aliphatic rings. The number of esters is 1. The SMILES string of the molecule is COC(=O)c1cnc(/C=N/O)cc1-c1cc(Cl)ncc1OC. The Kier molecular flexibility index (Phi) is 4.90. The molecule has 2 rings (SSSR count). The molecule has 0 aliphatic carbocycles. The van der Waals surface area contributed by atoms with E-state index in [2.05, 4.69) is 15.1 Å². The molecule has 0 fully saturated rings. The van der Waals surface area contributed by atoms with Crippen LogP contribution in [0.25, 0.3) is 11.1 Å². The first-order valence-corrected chi connectivity index (χ1v) is 6.44. The van der Waals surface area contributed by atoms with Crippen LogP contribution in [0, 0.1) is 0 Å². The van der Waals surface area contributed by atoms with Crippen molar-refractivity contribution in [3.05, 3.63) is 40.9 Å². The Morgan fingerprint density at radius 2 is 2.05 bits per heavy atom. The molecule has 0 unspecified atom stereocenters. The molecule has 2 aromatic heterocycles. The van der Waals surface area contributed by atoms with Gasteiger partial charge < -0.3 is 14.7 Å². The van der Waals surface area contributed by atoms with Gasteiger partial charge in [-0.25, -0.2) is 9.78 Å². The Bertz CT molecular complexity index is 734. The van der Waals surface area contributed by atoms with Crippen LogP contribution in [-0.2, 0) is 4.74 Å². The lowest BCUT2D eigenvalue weighted by atomic mass is 10.0. The summed E-state index contributed by atoms with van der Waals surface area (Å²) >= 11 is 5.93. The lowest BCUT2D eigenvalue weighted by Gasteiger charge is -2.12. The zero-order valence-electron chi connectivity index (χ0n) is 11.8. The Morgan fingerprint density at radius 1 is 1.27 bits per heavy atom. The second kappa shape index (κ2) is 6.86. The van der Waals surface area contributed by atoms with Gasteiger partial charge in [0.05, 0.1) is 37.9 Å². The van der Waals surface area contributed by atoms with E-state index < -0.39 is 5.97 Å². The highest BCUT2D eigenvalue weighted by atomic mass is 35.5. The van der Waals surface area contributed by atoms with E-state index in [1.807, 2.05) is 0 Å². The first kappa shape index (κ1) is 15.7. The van der Waals surface area contributed by atoms with Gasteiger partial charge in [0.2, 0.25) is 0 Å². The number of carbonyl (C=O) groups is 1. The van der Waals surface area contributed by atoms with E-state index in [4.69, 9.17) is 26.3 Å². The lowest BCUT2D eigenvalue weighted by Crippen LogP contribution is -2.06. The third-order valence-corrected chi connectivity index (χ3v) is 3.07. The maximum absolute atomic E-state index is 11.9. The van der Waals surface area contributed by atoms with Crippen LogP contribution in [0.3, 0.4) is 0 Å². The monoisotopic (exact) mass is 321 g/mol. The summed E-state index contributed by atoms with van der Waals surface area (Å²) in [4.78, 5) is 19.9. The van der Waals surface area contributed by atoms with Crippen molar-refractivity contribution in [2.75, 3.05) is 14.2 Å². The Hall–Kier alpha value is -2.67. The van der Waals surface area contributed by atoms with Gasteiger partial charge >= 0.3 is 5.97 Å². The van der Waals surface area contributed by atoms with Gasteiger partial charge in [-0.3, -0.25) is 4.98 Å². The summed E-state index contributed by atoms with van der Waals surface area (Å²) in [5, 5.41) is 11.8. The fourth-order valence-electron chi connectivity index (χ4n) is 1.89. The summed E-state index contributed by atoms with van der Waals surface area (Å²) in [7, 11) is 2.75. The average molecular weight is 322 g/mol. The zero-order chi connectivity index (χ0) is 16.1. The van der Waals surface area contributed by atoms with Crippen molar-refractivity contribution in [3.8, 4) is 16.9 Å². The van der Waals surface area contributed by atoms with Crippen LogP contribution in [0.4, 0.5) is 0 Å². The van der Waals surface area contributed by atoms with Gasteiger partial charge in [0.25, 0.3) is 0 Å². The highest BCUT2D eigenvalue weighted by molar-refractivity contribution is 6.29. The van der Waals surface area contributed by atoms with Crippen molar-refractivity contribution in [1.82, 2.24) is 9.97 Å². The van der Waals surface area contributed by atoms with Gasteiger partial charge in [0, 0.05) is 17.3 Å². The second-order valence-electron chi connectivity index (χ2n) is 4.10. The van der Waals surface area contributed by atoms with Crippen molar-refractivity contribution in [2.24, 2.45) is 5.16 Å². The number of halogens is 1. The summed E-state index contributed by atoms with van der Waals surface area (Å²) in [5.74, 6) is -0.141. The number of hydrogen-bond donors (Lipinski definition) is 1. The topological polar surface area (TPSA) is 93.9 Å². The van der Waals surface area contributed by atoms with Gasteiger partial charge in [-0.1, -0.05) is 16.8 Å². The largest absolute Gasteiger partial charge is 0.494 e. The lowest BCUT2D eigenvalue weighted by molar-refractivity contribution is 0.0601. The number of pyridine rings is 2. The van der Waals surface area contributed by atoms with Crippen molar-refractivity contribution in [2.45, 2.75) is 0 Å². The number of hydrogen-bond acceptors (Lipinski definition) is 7. The van der Waals surface area contributed by atoms with E-state index in [-0.39, 0.29) is 10.7 Å². The molecular weight excluding hydrogens is 310 g/mol. The van der Waals surface area contributed by atoms with Gasteiger partial charge in [-0.2, -0.15) is 0 Å². The van der Waals surface area contributed by atoms with Crippen molar-refractivity contribution >= 4 is 23.8 Å². The summed E-state index contributed by atoms with van der Waals surface area (Å²) in [6, 6.07) is 3.11.